The van der Waals surface area contributed by atoms with E-state index in [2.05, 4.69) is 20.8 Å². The average molecular weight is 442 g/mol. The van der Waals surface area contributed by atoms with E-state index in [0.717, 1.165) is 17.8 Å². The molecule has 1 fully saturated rings. The molecule has 3 aromatic rings. The number of para-hydroxylation sites is 1. The van der Waals surface area contributed by atoms with Crippen molar-refractivity contribution in [3.8, 4) is 0 Å². The van der Waals surface area contributed by atoms with E-state index in [1.54, 1.807) is 29.2 Å². The molecule has 1 saturated heterocycles. The van der Waals surface area contributed by atoms with Gasteiger partial charge >= 0.3 is 6.03 Å². The van der Waals surface area contributed by atoms with E-state index in [0.29, 0.717) is 34.5 Å². The maximum Gasteiger partial charge on any atom is 0.321 e. The van der Waals surface area contributed by atoms with Crippen molar-refractivity contribution in [3.63, 3.8) is 0 Å². The zero-order chi connectivity index (χ0) is 20.9. The normalized spacial score (nSPS) is 16.2. The lowest BCUT2D eigenvalue weighted by Crippen LogP contribution is -2.41. The lowest BCUT2D eigenvalue weighted by atomic mass is 9.99. The van der Waals surface area contributed by atoms with Crippen LogP contribution in [0.25, 0.3) is 0 Å². The van der Waals surface area contributed by atoms with Crippen LogP contribution in [0.2, 0.25) is 5.02 Å². The van der Waals surface area contributed by atoms with Crippen molar-refractivity contribution in [3.05, 3.63) is 69.6 Å². The van der Waals surface area contributed by atoms with Crippen molar-refractivity contribution in [1.29, 1.82) is 0 Å². The van der Waals surface area contributed by atoms with Gasteiger partial charge in [0.05, 0.1) is 0 Å². The van der Waals surface area contributed by atoms with Crippen molar-refractivity contribution < 1.29 is 9.59 Å². The second-order valence-corrected chi connectivity index (χ2v) is 8.44. The molecule has 2 heterocycles. The van der Waals surface area contributed by atoms with Crippen LogP contribution in [0.1, 0.15) is 33.6 Å². The van der Waals surface area contributed by atoms with Crippen molar-refractivity contribution in [2.45, 2.75) is 18.8 Å². The Labute approximate surface area is 183 Å². The number of rotatable bonds is 4. The number of hydrogen-bond acceptors (Lipinski definition) is 5. The van der Waals surface area contributed by atoms with Crippen LogP contribution in [0, 0.1) is 0 Å². The highest BCUT2D eigenvalue weighted by atomic mass is 35.5. The molecular formula is C21H20ClN5O2S. The van der Waals surface area contributed by atoms with Crippen LogP contribution in [-0.2, 0) is 0 Å². The van der Waals surface area contributed by atoms with E-state index in [1.807, 2.05) is 30.3 Å². The Kier molecular flexibility index (Phi) is 6.25. The summed E-state index contributed by atoms with van der Waals surface area (Å²) >= 11 is 7.26. The smallest absolute Gasteiger partial charge is 0.321 e. The number of piperidine rings is 1. The first-order chi connectivity index (χ1) is 14.6. The van der Waals surface area contributed by atoms with Gasteiger partial charge in [-0.3, -0.25) is 4.79 Å². The topological polar surface area (TPSA) is 87.2 Å². The molecule has 9 heteroatoms. The van der Waals surface area contributed by atoms with Crippen molar-refractivity contribution in [2.75, 3.05) is 23.7 Å². The number of benzene rings is 2. The molecule has 4 rings (SSSR count). The summed E-state index contributed by atoms with van der Waals surface area (Å²) in [5.41, 5.74) is 1.37. The molecule has 0 bridgehead atoms. The number of carbonyl (C=O) groups excluding carboxylic acids is 2. The molecule has 1 aliphatic heterocycles. The SMILES string of the molecule is O=C(Nc1ccccc1)c1nnc([C@H]2CCCN(C(=O)Nc3cccc(Cl)c3)C2)s1. The minimum atomic E-state index is -0.281. The maximum atomic E-state index is 12.6. The van der Waals surface area contributed by atoms with E-state index in [4.69, 9.17) is 11.6 Å². The Morgan fingerprint density at radius 3 is 2.63 bits per heavy atom. The van der Waals surface area contributed by atoms with Gasteiger partial charge in [-0.25, -0.2) is 4.79 Å². The molecule has 0 aliphatic carbocycles. The number of amides is 3. The summed E-state index contributed by atoms with van der Waals surface area (Å²) in [4.78, 5) is 26.8. The molecule has 7 nitrogen and oxygen atoms in total. The predicted octanol–water partition coefficient (Wildman–Crippen LogP) is 4.86. The van der Waals surface area contributed by atoms with Gasteiger partial charge in [0.25, 0.3) is 5.91 Å². The third-order valence-corrected chi connectivity index (χ3v) is 6.12. The van der Waals surface area contributed by atoms with Crippen molar-refractivity contribution in [2.24, 2.45) is 0 Å². The second kappa shape index (κ2) is 9.23. The Bertz CT molecular complexity index is 1040. The number of carbonyl (C=O) groups is 2. The summed E-state index contributed by atoms with van der Waals surface area (Å²) in [6.45, 7) is 1.20. The van der Waals surface area contributed by atoms with Gasteiger partial charge in [0.2, 0.25) is 5.01 Å². The Morgan fingerprint density at radius 2 is 1.83 bits per heavy atom. The van der Waals surface area contributed by atoms with Gasteiger partial charge in [-0.2, -0.15) is 0 Å². The Hall–Kier alpha value is -2.97. The fraction of sp³-hybridized carbons (Fsp3) is 0.238. The first-order valence-electron chi connectivity index (χ1n) is 9.60. The van der Waals surface area contributed by atoms with Crippen molar-refractivity contribution >= 4 is 46.3 Å². The molecule has 0 unspecified atom stereocenters. The quantitative estimate of drug-likeness (QED) is 0.605. The third-order valence-electron chi connectivity index (χ3n) is 4.80. The maximum absolute atomic E-state index is 12.6. The third kappa shape index (κ3) is 4.95. The number of urea groups is 1. The number of halogens is 1. The lowest BCUT2D eigenvalue weighted by molar-refractivity contribution is 0.102. The first kappa shape index (κ1) is 20.3. The molecule has 30 heavy (non-hydrogen) atoms. The fourth-order valence-electron chi connectivity index (χ4n) is 3.33. The van der Waals surface area contributed by atoms with Gasteiger partial charge in [0.15, 0.2) is 0 Å². The van der Waals surface area contributed by atoms with Crippen LogP contribution >= 0.6 is 22.9 Å². The summed E-state index contributed by atoms with van der Waals surface area (Å²) in [5, 5.41) is 15.6. The molecule has 0 radical (unpaired) electrons. The van der Waals surface area contributed by atoms with E-state index < -0.39 is 0 Å². The summed E-state index contributed by atoms with van der Waals surface area (Å²) in [5.74, 6) is -0.226. The minimum Gasteiger partial charge on any atom is -0.324 e. The zero-order valence-corrected chi connectivity index (χ0v) is 17.6. The highest BCUT2D eigenvalue weighted by Gasteiger charge is 2.28. The lowest BCUT2D eigenvalue weighted by Gasteiger charge is -2.31. The molecular weight excluding hydrogens is 422 g/mol. The van der Waals surface area contributed by atoms with E-state index in [-0.39, 0.29) is 17.9 Å². The van der Waals surface area contributed by atoms with Crippen LogP contribution in [-0.4, -0.2) is 40.1 Å². The van der Waals surface area contributed by atoms with Gasteiger partial charge < -0.3 is 15.5 Å². The van der Waals surface area contributed by atoms with Crippen LogP contribution in [0.4, 0.5) is 16.2 Å². The first-order valence-corrected chi connectivity index (χ1v) is 10.8. The summed E-state index contributed by atoms with van der Waals surface area (Å²) in [7, 11) is 0. The number of nitrogens with zero attached hydrogens (tertiary/aromatic N) is 3. The molecule has 1 atom stereocenters. The zero-order valence-electron chi connectivity index (χ0n) is 16.0. The summed E-state index contributed by atoms with van der Waals surface area (Å²) < 4.78 is 0. The van der Waals surface area contributed by atoms with Gasteiger partial charge in [0.1, 0.15) is 5.01 Å². The second-order valence-electron chi connectivity index (χ2n) is 6.99. The van der Waals surface area contributed by atoms with Gasteiger partial charge in [0, 0.05) is 35.4 Å². The minimum absolute atomic E-state index is 0.0552. The van der Waals surface area contributed by atoms with Crippen molar-refractivity contribution in [1.82, 2.24) is 15.1 Å². The van der Waals surface area contributed by atoms with Crippen LogP contribution in [0.3, 0.4) is 0 Å². The number of anilines is 2. The largest absolute Gasteiger partial charge is 0.324 e. The predicted molar refractivity (Wildman–Crippen MR) is 118 cm³/mol. The van der Waals surface area contributed by atoms with E-state index in [1.165, 1.54) is 11.3 Å². The highest BCUT2D eigenvalue weighted by molar-refractivity contribution is 7.13. The standard InChI is InChI=1S/C21H20ClN5O2S/c22-15-7-4-10-17(12-15)24-21(29)27-11-5-6-14(13-27)19-25-26-20(30-19)18(28)23-16-8-2-1-3-9-16/h1-4,7-10,12,14H,5-6,11,13H2,(H,23,28)(H,24,29)/t14-/m0/s1. The molecule has 154 valence electrons. The fourth-order valence-corrected chi connectivity index (χ4v) is 4.38. The van der Waals surface area contributed by atoms with Gasteiger partial charge in [-0.15, -0.1) is 10.2 Å². The molecule has 2 N–H and O–H groups in total. The Balaban J connectivity index is 1.38. The summed E-state index contributed by atoms with van der Waals surface area (Å²) in [6, 6.07) is 16.1. The number of nitrogens with one attached hydrogen (secondary N) is 2. The number of likely N-dealkylation sites (tertiary alicyclic amines) is 1. The number of aromatic nitrogens is 2. The van der Waals surface area contributed by atoms with E-state index >= 15 is 0 Å². The van der Waals surface area contributed by atoms with Crippen LogP contribution < -0.4 is 10.6 Å². The highest BCUT2D eigenvalue weighted by Crippen LogP contribution is 2.30. The van der Waals surface area contributed by atoms with Crippen LogP contribution in [0.5, 0.6) is 0 Å². The van der Waals surface area contributed by atoms with E-state index in [9.17, 15) is 9.59 Å². The number of hydrogen-bond donors (Lipinski definition) is 2. The molecule has 2 aromatic carbocycles. The molecule has 3 amide bonds. The Morgan fingerprint density at radius 1 is 1.03 bits per heavy atom. The van der Waals surface area contributed by atoms with Gasteiger partial charge in [-0.1, -0.05) is 47.2 Å². The molecule has 1 aliphatic rings. The monoisotopic (exact) mass is 441 g/mol. The van der Waals surface area contributed by atoms with Crippen LogP contribution in [0.15, 0.2) is 54.6 Å². The molecule has 1 aromatic heterocycles. The summed E-state index contributed by atoms with van der Waals surface area (Å²) in [6.07, 6.45) is 1.76. The molecule has 0 saturated carbocycles. The average Bonchev–Trinajstić information content (AvgIpc) is 3.25. The molecule has 0 spiro atoms. The van der Waals surface area contributed by atoms with Gasteiger partial charge in [-0.05, 0) is 43.2 Å².